The number of benzene rings is 1. The maximum atomic E-state index is 4.15. The minimum Gasteiger partial charge on any atom is -0.264 e. The number of aromatic nitrogens is 1. The van der Waals surface area contributed by atoms with Gasteiger partial charge in [0.1, 0.15) is 0 Å². The molecule has 2 aromatic rings. The molecule has 0 saturated carbocycles. The topological polar surface area (TPSA) is 12.9 Å². The van der Waals surface area contributed by atoms with Crippen LogP contribution >= 0.6 is 15.9 Å². The van der Waals surface area contributed by atoms with Crippen molar-refractivity contribution in [2.75, 3.05) is 0 Å². The number of halogens is 1. The van der Waals surface area contributed by atoms with Gasteiger partial charge in [0.05, 0.1) is 0 Å². The fourth-order valence-electron chi connectivity index (χ4n) is 1.42. The molecule has 2 rings (SSSR count). The summed E-state index contributed by atoms with van der Waals surface area (Å²) in [7, 11) is 0. The fraction of sp³-hybridized carbons (Fsp3) is 0.0833. The monoisotopic (exact) mass is 247 g/mol. The molecule has 0 spiro atoms. The molecule has 2 heteroatoms. The Morgan fingerprint density at radius 1 is 1.07 bits per heavy atom. The quantitative estimate of drug-likeness (QED) is 0.739. The lowest BCUT2D eigenvalue weighted by Gasteiger charge is -2.05. The third-order valence-corrected chi connectivity index (χ3v) is 2.74. The van der Waals surface area contributed by atoms with Crippen LogP contribution in [0.1, 0.15) is 5.56 Å². The summed E-state index contributed by atoms with van der Waals surface area (Å²) in [4.78, 5) is 4.15. The van der Waals surface area contributed by atoms with E-state index in [4.69, 9.17) is 0 Å². The van der Waals surface area contributed by atoms with Crippen LogP contribution in [0.4, 0.5) is 0 Å². The lowest BCUT2D eigenvalue weighted by Crippen LogP contribution is -1.86. The first-order valence-corrected chi connectivity index (χ1v) is 5.58. The van der Waals surface area contributed by atoms with Crippen LogP contribution in [-0.2, 0) is 5.33 Å². The molecule has 1 aromatic heterocycles. The van der Waals surface area contributed by atoms with E-state index in [0.717, 1.165) is 5.33 Å². The van der Waals surface area contributed by atoms with Gasteiger partial charge in [0.25, 0.3) is 0 Å². The summed E-state index contributed by atoms with van der Waals surface area (Å²) >= 11 is 3.48. The van der Waals surface area contributed by atoms with Gasteiger partial charge >= 0.3 is 0 Å². The molecular weight excluding hydrogens is 238 g/mol. The molecule has 1 nitrogen and oxygen atoms in total. The Labute approximate surface area is 91.9 Å². The summed E-state index contributed by atoms with van der Waals surface area (Å²) in [6.07, 6.45) is 3.73. The molecule has 0 N–H and O–H groups in total. The first kappa shape index (κ1) is 9.41. The maximum absolute atomic E-state index is 4.15. The van der Waals surface area contributed by atoms with E-state index in [1.54, 1.807) is 0 Å². The van der Waals surface area contributed by atoms with Crippen LogP contribution in [0.15, 0.2) is 48.8 Å². The van der Waals surface area contributed by atoms with Crippen LogP contribution in [0.25, 0.3) is 11.1 Å². The van der Waals surface area contributed by atoms with Crippen molar-refractivity contribution in [3.05, 3.63) is 54.4 Å². The first-order valence-electron chi connectivity index (χ1n) is 4.46. The van der Waals surface area contributed by atoms with Crippen molar-refractivity contribution in [3.63, 3.8) is 0 Å². The Bertz CT molecular complexity index is 412. The smallest absolute Gasteiger partial charge is 0.0349 e. The van der Waals surface area contributed by atoms with Gasteiger partial charge in [-0.25, -0.2) is 0 Å². The summed E-state index contributed by atoms with van der Waals surface area (Å²) in [6.45, 7) is 0. The number of hydrogen-bond acceptors (Lipinski definition) is 1. The molecule has 70 valence electrons. The fourth-order valence-corrected chi connectivity index (χ4v) is 1.91. The van der Waals surface area contributed by atoms with E-state index in [1.807, 2.05) is 36.7 Å². The average molecular weight is 248 g/mol. The Balaban J connectivity index is 2.51. The highest BCUT2D eigenvalue weighted by Crippen LogP contribution is 2.23. The van der Waals surface area contributed by atoms with E-state index in [9.17, 15) is 0 Å². The highest BCUT2D eigenvalue weighted by Gasteiger charge is 2.02. The molecule has 0 fully saturated rings. The molecule has 14 heavy (non-hydrogen) atoms. The van der Waals surface area contributed by atoms with Gasteiger partial charge in [-0.2, -0.15) is 0 Å². The van der Waals surface area contributed by atoms with Crippen LogP contribution in [-0.4, -0.2) is 4.98 Å². The maximum Gasteiger partial charge on any atom is 0.0349 e. The summed E-state index contributed by atoms with van der Waals surface area (Å²) in [5, 5.41) is 0.861. The van der Waals surface area contributed by atoms with E-state index in [1.165, 1.54) is 16.7 Å². The summed E-state index contributed by atoms with van der Waals surface area (Å²) in [5.74, 6) is 0. The van der Waals surface area contributed by atoms with Gasteiger partial charge in [0.15, 0.2) is 0 Å². The Hall–Kier alpha value is -1.15. The largest absolute Gasteiger partial charge is 0.264 e. The minimum absolute atomic E-state index is 0.861. The predicted octanol–water partition coefficient (Wildman–Crippen LogP) is 3.64. The van der Waals surface area contributed by atoms with Gasteiger partial charge in [0, 0.05) is 23.3 Å². The number of alkyl halides is 1. The number of hydrogen-bond donors (Lipinski definition) is 0. The van der Waals surface area contributed by atoms with Gasteiger partial charge in [-0.15, -0.1) is 0 Å². The SMILES string of the molecule is BrCc1ccncc1-c1ccccc1. The molecule has 0 amide bonds. The lowest BCUT2D eigenvalue weighted by molar-refractivity contribution is 1.28. The molecule has 0 saturated heterocycles. The zero-order chi connectivity index (χ0) is 9.80. The van der Waals surface area contributed by atoms with Crippen LogP contribution in [0.5, 0.6) is 0 Å². The molecule has 1 aromatic carbocycles. The van der Waals surface area contributed by atoms with Crippen molar-refractivity contribution in [3.8, 4) is 11.1 Å². The molecule has 0 aliphatic rings. The van der Waals surface area contributed by atoms with E-state index in [2.05, 4.69) is 33.0 Å². The lowest BCUT2D eigenvalue weighted by atomic mass is 10.0. The predicted molar refractivity (Wildman–Crippen MR) is 62.3 cm³/mol. The number of nitrogens with zero attached hydrogens (tertiary/aromatic N) is 1. The highest BCUT2D eigenvalue weighted by atomic mass is 79.9. The van der Waals surface area contributed by atoms with Crippen LogP contribution in [0.2, 0.25) is 0 Å². The minimum atomic E-state index is 0.861. The Morgan fingerprint density at radius 3 is 2.57 bits per heavy atom. The second-order valence-electron chi connectivity index (χ2n) is 3.03. The first-order chi connectivity index (χ1) is 6.92. The van der Waals surface area contributed by atoms with Crippen molar-refractivity contribution >= 4 is 15.9 Å². The molecule has 0 aliphatic carbocycles. The summed E-state index contributed by atoms with van der Waals surface area (Å²) < 4.78 is 0. The molecule has 0 bridgehead atoms. The second-order valence-corrected chi connectivity index (χ2v) is 3.59. The molecule has 0 unspecified atom stereocenters. The van der Waals surface area contributed by atoms with E-state index in [0.29, 0.717) is 0 Å². The van der Waals surface area contributed by atoms with Gasteiger partial charge in [-0.3, -0.25) is 4.98 Å². The second kappa shape index (κ2) is 4.38. The van der Waals surface area contributed by atoms with Crippen molar-refractivity contribution in [2.45, 2.75) is 5.33 Å². The van der Waals surface area contributed by atoms with Crippen molar-refractivity contribution in [2.24, 2.45) is 0 Å². The number of rotatable bonds is 2. The Morgan fingerprint density at radius 2 is 1.86 bits per heavy atom. The normalized spacial score (nSPS) is 10.1. The highest BCUT2D eigenvalue weighted by molar-refractivity contribution is 9.08. The van der Waals surface area contributed by atoms with Crippen molar-refractivity contribution in [1.29, 1.82) is 0 Å². The average Bonchev–Trinajstić information content (AvgIpc) is 2.30. The van der Waals surface area contributed by atoms with Gasteiger partial charge in [-0.05, 0) is 17.2 Å². The zero-order valence-electron chi connectivity index (χ0n) is 7.65. The summed E-state index contributed by atoms with van der Waals surface area (Å²) in [6, 6.07) is 12.3. The standard InChI is InChI=1S/C12H10BrN/c13-8-11-6-7-14-9-12(11)10-4-2-1-3-5-10/h1-7,9H,8H2. The molecule has 0 atom stereocenters. The zero-order valence-corrected chi connectivity index (χ0v) is 9.24. The third kappa shape index (κ3) is 1.85. The van der Waals surface area contributed by atoms with Gasteiger partial charge in [0.2, 0.25) is 0 Å². The molecular formula is C12H10BrN. The van der Waals surface area contributed by atoms with Crippen molar-refractivity contribution in [1.82, 2.24) is 4.98 Å². The van der Waals surface area contributed by atoms with E-state index in [-0.39, 0.29) is 0 Å². The van der Waals surface area contributed by atoms with Crippen LogP contribution < -0.4 is 0 Å². The van der Waals surface area contributed by atoms with E-state index < -0.39 is 0 Å². The van der Waals surface area contributed by atoms with Crippen LogP contribution in [0, 0.1) is 0 Å². The summed E-state index contributed by atoms with van der Waals surface area (Å²) in [5.41, 5.74) is 3.69. The number of pyridine rings is 1. The molecule has 0 aliphatic heterocycles. The van der Waals surface area contributed by atoms with Gasteiger partial charge in [-0.1, -0.05) is 46.3 Å². The molecule has 0 radical (unpaired) electrons. The third-order valence-electron chi connectivity index (χ3n) is 2.14. The molecule has 1 heterocycles. The van der Waals surface area contributed by atoms with Gasteiger partial charge < -0.3 is 0 Å². The van der Waals surface area contributed by atoms with E-state index >= 15 is 0 Å². The van der Waals surface area contributed by atoms with Crippen molar-refractivity contribution < 1.29 is 0 Å². The Kier molecular flexibility index (Phi) is 2.94. The van der Waals surface area contributed by atoms with Crippen LogP contribution in [0.3, 0.4) is 0 Å².